The van der Waals surface area contributed by atoms with Crippen molar-refractivity contribution in [1.29, 1.82) is 0 Å². The molecule has 1 saturated heterocycles. The van der Waals surface area contributed by atoms with Crippen LogP contribution in [0.1, 0.15) is 32.6 Å². The molecule has 2 fully saturated rings. The molecule has 3 rings (SSSR count). The first-order valence-electron chi connectivity index (χ1n) is 9.51. The van der Waals surface area contributed by atoms with Crippen LogP contribution in [0.5, 0.6) is 0 Å². The van der Waals surface area contributed by atoms with Crippen molar-refractivity contribution < 1.29 is 4.79 Å². The lowest BCUT2D eigenvalue weighted by Gasteiger charge is -2.36. The van der Waals surface area contributed by atoms with Gasteiger partial charge in [-0.2, -0.15) is 0 Å². The predicted molar refractivity (Wildman–Crippen MR) is 105 cm³/mol. The Morgan fingerprint density at radius 1 is 1.19 bits per heavy atom. The maximum atomic E-state index is 12.3. The van der Waals surface area contributed by atoms with E-state index in [0.717, 1.165) is 56.4 Å². The number of nitrogens with one attached hydrogen (secondary N) is 2. The van der Waals surface area contributed by atoms with Crippen molar-refractivity contribution in [2.24, 2.45) is 5.92 Å². The van der Waals surface area contributed by atoms with Gasteiger partial charge >= 0.3 is 0 Å². The fourth-order valence-corrected chi connectivity index (χ4v) is 4.03. The van der Waals surface area contributed by atoms with E-state index in [1.54, 1.807) is 0 Å². The van der Waals surface area contributed by atoms with Crippen molar-refractivity contribution in [3.8, 4) is 0 Å². The minimum Gasteiger partial charge on any atom is -0.383 e. The summed E-state index contributed by atoms with van der Waals surface area (Å²) in [4.78, 5) is 25.1. The number of halogens is 1. The highest BCUT2D eigenvalue weighted by Crippen LogP contribution is 2.29. The van der Waals surface area contributed by atoms with Gasteiger partial charge in [0.2, 0.25) is 5.91 Å². The van der Waals surface area contributed by atoms with E-state index < -0.39 is 0 Å². The number of piperazine rings is 1. The number of nitrogens with zero attached hydrogens (tertiary/aromatic N) is 4. The average Bonchev–Trinajstić information content (AvgIpc) is 2.64. The van der Waals surface area contributed by atoms with Gasteiger partial charge in [-0.1, -0.05) is 18.5 Å². The molecule has 8 heteroatoms. The van der Waals surface area contributed by atoms with E-state index in [-0.39, 0.29) is 5.91 Å². The molecule has 26 heavy (non-hydrogen) atoms. The van der Waals surface area contributed by atoms with Crippen LogP contribution in [0.3, 0.4) is 0 Å². The third-order valence-corrected chi connectivity index (χ3v) is 5.74. The van der Waals surface area contributed by atoms with Crippen LogP contribution in [0.25, 0.3) is 0 Å². The molecule has 0 atom stereocenters. The lowest BCUT2D eigenvalue weighted by molar-refractivity contribution is -0.123. The molecule has 1 aromatic rings. The SMILES string of the molecule is CNc1c(Cl)ncnc1N1CCN(CC(=O)NC2CCC(C)CC2)CC1. The van der Waals surface area contributed by atoms with Gasteiger partial charge in [0.05, 0.1) is 6.54 Å². The zero-order valence-electron chi connectivity index (χ0n) is 15.7. The van der Waals surface area contributed by atoms with Crippen molar-refractivity contribution >= 4 is 29.0 Å². The lowest BCUT2D eigenvalue weighted by Crippen LogP contribution is -2.51. The number of aromatic nitrogens is 2. The van der Waals surface area contributed by atoms with E-state index in [1.807, 2.05) is 7.05 Å². The number of rotatable bonds is 5. The zero-order chi connectivity index (χ0) is 18.5. The zero-order valence-corrected chi connectivity index (χ0v) is 16.4. The molecule has 0 bridgehead atoms. The number of amides is 1. The Morgan fingerprint density at radius 2 is 1.88 bits per heavy atom. The topological polar surface area (TPSA) is 73.4 Å². The van der Waals surface area contributed by atoms with Crippen LogP contribution in [0.2, 0.25) is 5.15 Å². The van der Waals surface area contributed by atoms with Crippen LogP contribution >= 0.6 is 11.6 Å². The Labute approximate surface area is 160 Å². The second kappa shape index (κ2) is 8.86. The summed E-state index contributed by atoms with van der Waals surface area (Å²) in [5.41, 5.74) is 0.756. The summed E-state index contributed by atoms with van der Waals surface area (Å²) in [7, 11) is 1.82. The van der Waals surface area contributed by atoms with Gasteiger partial charge in [-0.25, -0.2) is 9.97 Å². The van der Waals surface area contributed by atoms with Gasteiger partial charge < -0.3 is 15.5 Å². The highest BCUT2D eigenvalue weighted by molar-refractivity contribution is 6.32. The van der Waals surface area contributed by atoms with Crippen molar-refractivity contribution in [1.82, 2.24) is 20.2 Å². The first kappa shape index (κ1) is 19.2. The predicted octanol–water partition coefficient (Wildman–Crippen LogP) is 1.99. The minimum absolute atomic E-state index is 0.152. The maximum Gasteiger partial charge on any atom is 0.234 e. The average molecular weight is 381 g/mol. The lowest BCUT2D eigenvalue weighted by atomic mass is 9.87. The van der Waals surface area contributed by atoms with E-state index in [1.165, 1.54) is 19.2 Å². The van der Waals surface area contributed by atoms with E-state index in [2.05, 4.69) is 37.3 Å². The molecule has 1 amide bonds. The fourth-order valence-electron chi connectivity index (χ4n) is 3.81. The Hall–Kier alpha value is -1.60. The number of carbonyl (C=O) groups is 1. The summed E-state index contributed by atoms with van der Waals surface area (Å²) in [5.74, 6) is 1.78. The normalized spacial score (nSPS) is 24.3. The van der Waals surface area contributed by atoms with Gasteiger partial charge in [0, 0.05) is 39.3 Å². The van der Waals surface area contributed by atoms with E-state index in [9.17, 15) is 4.79 Å². The molecule has 0 radical (unpaired) electrons. The molecule has 144 valence electrons. The van der Waals surface area contributed by atoms with Gasteiger partial charge in [0.15, 0.2) is 11.0 Å². The summed E-state index contributed by atoms with van der Waals surface area (Å²) >= 11 is 6.14. The molecule has 2 aliphatic rings. The molecule has 7 nitrogen and oxygen atoms in total. The fraction of sp³-hybridized carbons (Fsp3) is 0.722. The molecule has 1 aliphatic carbocycles. The molecule has 2 N–H and O–H groups in total. The Balaban J connectivity index is 1.47. The summed E-state index contributed by atoms with van der Waals surface area (Å²) in [6.07, 6.45) is 6.16. The largest absolute Gasteiger partial charge is 0.383 e. The van der Waals surface area contributed by atoms with Gasteiger partial charge in [-0.05, 0) is 31.6 Å². The summed E-state index contributed by atoms with van der Waals surface area (Å²) < 4.78 is 0. The first-order valence-corrected chi connectivity index (χ1v) is 9.89. The molecule has 1 aliphatic heterocycles. The van der Waals surface area contributed by atoms with Crippen LogP contribution in [0.4, 0.5) is 11.5 Å². The van der Waals surface area contributed by atoms with Crippen LogP contribution in [-0.2, 0) is 4.79 Å². The molecule has 0 aromatic carbocycles. The van der Waals surface area contributed by atoms with Gasteiger partial charge in [-0.3, -0.25) is 9.69 Å². The molecule has 0 unspecified atom stereocenters. The third-order valence-electron chi connectivity index (χ3n) is 5.45. The molecular weight excluding hydrogens is 352 g/mol. The molecule has 2 heterocycles. The van der Waals surface area contributed by atoms with Gasteiger partial charge in [-0.15, -0.1) is 0 Å². The minimum atomic E-state index is 0.152. The van der Waals surface area contributed by atoms with Crippen LogP contribution in [-0.4, -0.2) is 66.6 Å². The summed E-state index contributed by atoms with van der Waals surface area (Å²) in [5, 5.41) is 6.72. The number of carbonyl (C=O) groups excluding carboxylic acids is 1. The van der Waals surface area contributed by atoms with E-state index >= 15 is 0 Å². The van der Waals surface area contributed by atoms with Crippen LogP contribution < -0.4 is 15.5 Å². The quantitative estimate of drug-likeness (QED) is 0.761. The van der Waals surface area contributed by atoms with E-state index in [4.69, 9.17) is 11.6 Å². The van der Waals surface area contributed by atoms with Gasteiger partial charge in [0.25, 0.3) is 0 Å². The van der Waals surface area contributed by atoms with Crippen LogP contribution in [0.15, 0.2) is 6.33 Å². The molecule has 1 aromatic heterocycles. The van der Waals surface area contributed by atoms with Crippen molar-refractivity contribution in [3.63, 3.8) is 0 Å². The highest BCUT2D eigenvalue weighted by Gasteiger charge is 2.24. The third kappa shape index (κ3) is 4.76. The Kier molecular flexibility index (Phi) is 6.53. The molecular formula is C18H29ClN6O. The van der Waals surface area contributed by atoms with Crippen molar-refractivity contribution in [3.05, 3.63) is 11.5 Å². The Morgan fingerprint density at radius 3 is 2.54 bits per heavy atom. The second-order valence-corrected chi connectivity index (χ2v) is 7.76. The van der Waals surface area contributed by atoms with Gasteiger partial charge in [0.1, 0.15) is 12.0 Å². The number of hydrogen-bond donors (Lipinski definition) is 2. The summed E-state index contributed by atoms with van der Waals surface area (Å²) in [6.45, 7) is 6.07. The smallest absolute Gasteiger partial charge is 0.234 e. The Bertz CT molecular complexity index is 612. The maximum absolute atomic E-state index is 12.3. The standard InChI is InChI=1S/C18H29ClN6O/c1-13-3-5-14(6-4-13)23-15(26)11-24-7-9-25(10-8-24)18-16(20-2)17(19)21-12-22-18/h12-14,20H,3-11H2,1-2H3,(H,23,26). The first-order chi connectivity index (χ1) is 12.6. The molecule has 0 spiro atoms. The number of hydrogen-bond acceptors (Lipinski definition) is 6. The van der Waals surface area contributed by atoms with Crippen molar-refractivity contribution in [2.45, 2.75) is 38.6 Å². The summed E-state index contributed by atoms with van der Waals surface area (Å²) in [6, 6.07) is 0.362. The highest BCUT2D eigenvalue weighted by atomic mass is 35.5. The monoisotopic (exact) mass is 380 g/mol. The second-order valence-electron chi connectivity index (χ2n) is 7.40. The number of anilines is 2. The van der Waals surface area contributed by atoms with E-state index in [0.29, 0.717) is 17.7 Å². The molecule has 1 saturated carbocycles. The van der Waals surface area contributed by atoms with Crippen LogP contribution in [0, 0.1) is 5.92 Å². The van der Waals surface area contributed by atoms with Crippen molar-refractivity contribution in [2.75, 3.05) is 50.0 Å².